The second-order valence-electron chi connectivity index (χ2n) is 12.6. The zero-order chi connectivity index (χ0) is 37.8. The van der Waals surface area contributed by atoms with E-state index in [-0.39, 0.29) is 22.9 Å². The van der Waals surface area contributed by atoms with E-state index in [4.69, 9.17) is 20.2 Å². The van der Waals surface area contributed by atoms with Crippen LogP contribution in [0.25, 0.3) is 27.7 Å². The number of hydrogen-bond acceptors (Lipinski definition) is 7. The summed E-state index contributed by atoms with van der Waals surface area (Å²) < 4.78 is 48.6. The Hall–Kier alpha value is -6.36. The van der Waals surface area contributed by atoms with Gasteiger partial charge in [-0.25, -0.2) is 4.99 Å². The molecule has 54 heavy (non-hydrogen) atoms. The highest BCUT2D eigenvalue weighted by molar-refractivity contribution is 7.86. The molecule has 4 N–H and O–H groups in total. The van der Waals surface area contributed by atoms with Crippen LogP contribution in [0.5, 0.6) is 11.5 Å². The molecule has 0 atom stereocenters. The van der Waals surface area contributed by atoms with Gasteiger partial charge in [-0.15, -0.1) is 0 Å². The van der Waals surface area contributed by atoms with E-state index in [9.17, 15) is 13.0 Å². The molecule has 0 saturated carbocycles. The lowest BCUT2D eigenvalue weighted by Crippen LogP contribution is -2.07. The van der Waals surface area contributed by atoms with Crippen molar-refractivity contribution in [2.75, 3.05) is 24.3 Å². The number of nitrogen functional groups attached to an aromatic ring is 1. The Morgan fingerprint density at radius 1 is 0.778 bits per heavy atom. The predicted molar refractivity (Wildman–Crippen MR) is 219 cm³/mol. The zero-order valence-electron chi connectivity index (χ0n) is 30.2. The summed E-state index contributed by atoms with van der Waals surface area (Å²) in [5.41, 5.74) is 16.2. The summed E-state index contributed by atoms with van der Waals surface area (Å²) in [6.45, 7) is 4.41. The fourth-order valence-corrected chi connectivity index (χ4v) is 7.60. The first-order valence-corrected chi connectivity index (χ1v) is 19.1. The van der Waals surface area contributed by atoms with Crippen LogP contribution in [0.2, 0.25) is 0 Å². The number of benzene rings is 5. The Morgan fingerprint density at radius 3 is 2.13 bits per heavy atom. The number of anilines is 3. The molecular weight excluding hydrogens is 697 g/mol. The summed E-state index contributed by atoms with van der Waals surface area (Å²) in [4.78, 5) is 4.56. The van der Waals surface area contributed by atoms with Gasteiger partial charge in [0.15, 0.2) is 4.90 Å². The maximum atomic E-state index is 12.5. The van der Waals surface area contributed by atoms with Crippen molar-refractivity contribution >= 4 is 55.1 Å². The minimum atomic E-state index is -4.60. The largest absolute Gasteiger partial charge is 0.492 e. The summed E-state index contributed by atoms with van der Waals surface area (Å²) in [7, 11) is -2.51. The molecular formula is C44H40N4O5S. The Kier molecular flexibility index (Phi) is 10.2. The Labute approximate surface area is 315 Å². The number of hydrogen-bond donors (Lipinski definition) is 3. The minimum Gasteiger partial charge on any atom is -0.492 e. The molecule has 5 aromatic carbocycles. The van der Waals surface area contributed by atoms with Gasteiger partial charge in [0, 0.05) is 29.2 Å². The molecule has 0 fully saturated rings. The Bertz CT molecular complexity index is 2570. The summed E-state index contributed by atoms with van der Waals surface area (Å²) in [6, 6.07) is 36.8. The van der Waals surface area contributed by atoms with E-state index in [2.05, 4.69) is 59.4 Å². The second kappa shape index (κ2) is 15.3. The van der Waals surface area contributed by atoms with Gasteiger partial charge in [0.05, 0.1) is 36.0 Å². The molecule has 272 valence electrons. The lowest BCUT2D eigenvalue weighted by atomic mass is 9.87. The topological polar surface area (TPSA) is 128 Å². The van der Waals surface area contributed by atoms with Crippen LogP contribution in [0.3, 0.4) is 0 Å². The molecule has 7 rings (SSSR count). The van der Waals surface area contributed by atoms with Gasteiger partial charge in [-0.3, -0.25) is 4.55 Å². The van der Waals surface area contributed by atoms with E-state index in [0.717, 1.165) is 50.1 Å². The maximum absolute atomic E-state index is 12.5. The van der Waals surface area contributed by atoms with Crippen molar-refractivity contribution in [1.82, 2.24) is 4.57 Å². The normalized spacial score (nSPS) is 12.6. The molecule has 0 unspecified atom stereocenters. The SMILES string of the molecule is CCOc1cccc(N)c1N=C1C=CC(=C(c2ccc(Nc3cccc(OCC)c3S(=O)(=O)O)cc2)c2c(-c3ccccc3)n(C)c3ccccc23)C=C1. The lowest BCUT2D eigenvalue weighted by Gasteiger charge is -2.18. The monoisotopic (exact) mass is 736 g/mol. The van der Waals surface area contributed by atoms with Gasteiger partial charge in [0.25, 0.3) is 10.1 Å². The van der Waals surface area contributed by atoms with Crippen LogP contribution in [0.1, 0.15) is 25.0 Å². The summed E-state index contributed by atoms with van der Waals surface area (Å²) in [6.07, 6.45) is 8.08. The second-order valence-corrected chi connectivity index (χ2v) is 13.9. The van der Waals surface area contributed by atoms with E-state index >= 15 is 0 Å². The van der Waals surface area contributed by atoms with E-state index in [1.54, 1.807) is 19.1 Å². The smallest absolute Gasteiger partial charge is 0.300 e. The average molecular weight is 737 g/mol. The molecule has 1 aliphatic rings. The van der Waals surface area contributed by atoms with Crippen molar-refractivity contribution in [2.45, 2.75) is 18.7 Å². The Morgan fingerprint density at radius 2 is 1.43 bits per heavy atom. The molecule has 0 saturated heterocycles. The van der Waals surface area contributed by atoms with Crippen LogP contribution in [-0.2, 0) is 17.2 Å². The number of allylic oxidation sites excluding steroid dienone is 5. The number of fused-ring (bicyclic) bond motifs is 1. The van der Waals surface area contributed by atoms with Gasteiger partial charge in [0.1, 0.15) is 17.2 Å². The number of para-hydroxylation sites is 2. The third kappa shape index (κ3) is 7.17. The highest BCUT2D eigenvalue weighted by Gasteiger charge is 2.24. The first-order chi connectivity index (χ1) is 26.2. The highest BCUT2D eigenvalue weighted by Crippen LogP contribution is 2.43. The minimum absolute atomic E-state index is 0.0703. The van der Waals surface area contributed by atoms with E-state index in [0.29, 0.717) is 29.4 Å². The molecule has 9 nitrogen and oxygen atoms in total. The van der Waals surface area contributed by atoms with Crippen molar-refractivity contribution in [3.8, 4) is 22.8 Å². The number of nitrogens with zero attached hydrogens (tertiary/aromatic N) is 2. The quantitative estimate of drug-likeness (QED) is 0.0892. The average Bonchev–Trinajstić information content (AvgIpc) is 3.46. The van der Waals surface area contributed by atoms with Gasteiger partial charge >= 0.3 is 0 Å². The van der Waals surface area contributed by atoms with Crippen LogP contribution in [0.4, 0.5) is 22.7 Å². The molecule has 1 aromatic heterocycles. The van der Waals surface area contributed by atoms with E-state index in [1.807, 2.05) is 85.8 Å². The zero-order valence-corrected chi connectivity index (χ0v) is 31.0. The highest BCUT2D eigenvalue weighted by atomic mass is 32.2. The van der Waals surface area contributed by atoms with Gasteiger partial charge in [-0.2, -0.15) is 8.42 Å². The van der Waals surface area contributed by atoms with Crippen LogP contribution >= 0.6 is 0 Å². The molecule has 0 bridgehead atoms. The molecule has 6 aromatic rings. The van der Waals surface area contributed by atoms with E-state index in [1.165, 1.54) is 6.07 Å². The third-order valence-electron chi connectivity index (χ3n) is 9.12. The fourth-order valence-electron chi connectivity index (χ4n) is 6.82. The van der Waals surface area contributed by atoms with Crippen molar-refractivity contribution in [3.63, 3.8) is 0 Å². The van der Waals surface area contributed by atoms with Crippen LogP contribution < -0.4 is 20.5 Å². The number of aliphatic imine (C=N–C) groups is 1. The predicted octanol–water partition coefficient (Wildman–Crippen LogP) is 9.92. The van der Waals surface area contributed by atoms with Gasteiger partial charge in [0.2, 0.25) is 0 Å². The van der Waals surface area contributed by atoms with Crippen molar-refractivity contribution in [2.24, 2.45) is 12.0 Å². The molecule has 10 heteroatoms. The Balaban J connectivity index is 1.38. The molecule has 0 spiro atoms. The van der Waals surface area contributed by atoms with Crippen molar-refractivity contribution in [1.29, 1.82) is 0 Å². The molecule has 1 aliphatic carbocycles. The molecule has 0 aliphatic heterocycles. The number of nitrogens with one attached hydrogen (secondary N) is 1. The summed E-state index contributed by atoms with van der Waals surface area (Å²) in [5, 5.41) is 4.27. The van der Waals surface area contributed by atoms with Gasteiger partial charge in [-0.1, -0.05) is 84.9 Å². The summed E-state index contributed by atoms with van der Waals surface area (Å²) >= 11 is 0. The third-order valence-corrected chi connectivity index (χ3v) is 10.1. The first-order valence-electron chi connectivity index (χ1n) is 17.6. The standard InChI is InChI=1S/C44H40N4O5S/c1-4-52-38-19-11-16-35(45)42(38)47-33-27-23-30(24-28-33)40(41-34-15-9-10-18-37(34)48(3)43(41)31-13-7-6-8-14-31)29-21-25-32(26-22-29)46-36-17-12-20-39(53-5-2)44(36)54(49,50)51/h6-28,46H,4-5,45H2,1-3H3,(H,49,50,51). The van der Waals surface area contributed by atoms with Crippen molar-refractivity contribution < 1.29 is 22.4 Å². The number of rotatable bonds is 11. The first kappa shape index (κ1) is 36.0. The van der Waals surface area contributed by atoms with Crippen LogP contribution in [0.15, 0.2) is 155 Å². The lowest BCUT2D eigenvalue weighted by molar-refractivity contribution is 0.329. The molecule has 0 amide bonds. The summed E-state index contributed by atoms with van der Waals surface area (Å²) in [5.74, 6) is 0.694. The molecule has 1 heterocycles. The fraction of sp³-hybridized carbons (Fsp3) is 0.114. The number of nitrogens with two attached hydrogens (primary N) is 1. The number of aryl methyl sites for hydroxylation is 1. The van der Waals surface area contributed by atoms with Crippen LogP contribution in [-0.4, -0.2) is 36.5 Å². The van der Waals surface area contributed by atoms with Gasteiger partial charge in [-0.05, 0) is 90.7 Å². The molecule has 0 radical (unpaired) electrons. The van der Waals surface area contributed by atoms with Crippen LogP contribution in [0, 0.1) is 0 Å². The number of aromatic nitrogens is 1. The van der Waals surface area contributed by atoms with E-state index < -0.39 is 10.1 Å². The maximum Gasteiger partial charge on any atom is 0.300 e. The van der Waals surface area contributed by atoms with Gasteiger partial charge < -0.3 is 25.1 Å². The number of ether oxygens (including phenoxy) is 2. The van der Waals surface area contributed by atoms with Crippen molar-refractivity contribution in [3.05, 3.63) is 156 Å².